The third-order valence-electron chi connectivity index (χ3n) is 4.45. The second-order valence-corrected chi connectivity index (χ2v) is 7.23. The summed E-state index contributed by atoms with van der Waals surface area (Å²) in [4.78, 5) is 11.0. The van der Waals surface area contributed by atoms with Crippen LogP contribution in [-0.4, -0.2) is 27.7 Å². The SMILES string of the molecule is Cc1cc(Nc2cc(N[C@@H]3CCCC[C@@H]3NC(=O)O)ccc2C#N)sn1. The second kappa shape index (κ2) is 8.06. The maximum Gasteiger partial charge on any atom is 0.404 e. The van der Waals surface area contributed by atoms with E-state index in [1.807, 2.05) is 25.1 Å². The zero-order valence-electron chi connectivity index (χ0n) is 14.5. The molecule has 0 radical (unpaired) electrons. The molecular formula is C18H21N5O2S. The number of carboxylic acid groups (broad SMARTS) is 1. The van der Waals surface area contributed by atoms with Crippen molar-refractivity contribution < 1.29 is 9.90 Å². The van der Waals surface area contributed by atoms with Gasteiger partial charge < -0.3 is 21.1 Å². The number of amides is 1. The van der Waals surface area contributed by atoms with Crippen LogP contribution in [0.1, 0.15) is 36.9 Å². The van der Waals surface area contributed by atoms with Gasteiger partial charge in [-0.1, -0.05) is 12.8 Å². The Morgan fingerprint density at radius 1 is 1.31 bits per heavy atom. The van der Waals surface area contributed by atoms with Crippen LogP contribution in [0.3, 0.4) is 0 Å². The van der Waals surface area contributed by atoms with Crippen LogP contribution in [-0.2, 0) is 0 Å². The Morgan fingerprint density at radius 3 is 2.73 bits per heavy atom. The fourth-order valence-corrected chi connectivity index (χ4v) is 3.91. The maximum atomic E-state index is 11.0. The molecule has 8 heteroatoms. The average molecular weight is 371 g/mol. The van der Waals surface area contributed by atoms with Gasteiger partial charge in [0.2, 0.25) is 0 Å². The van der Waals surface area contributed by atoms with Gasteiger partial charge in [0.25, 0.3) is 0 Å². The fraction of sp³-hybridized carbons (Fsp3) is 0.389. The van der Waals surface area contributed by atoms with Crippen LogP contribution in [0.4, 0.5) is 21.2 Å². The summed E-state index contributed by atoms with van der Waals surface area (Å²) in [5, 5.41) is 28.6. The van der Waals surface area contributed by atoms with Crippen molar-refractivity contribution in [3.05, 3.63) is 35.5 Å². The number of aryl methyl sites for hydroxylation is 1. The zero-order valence-corrected chi connectivity index (χ0v) is 15.3. The Morgan fingerprint density at radius 2 is 2.08 bits per heavy atom. The highest BCUT2D eigenvalue weighted by Gasteiger charge is 2.26. The molecule has 4 N–H and O–H groups in total. The van der Waals surface area contributed by atoms with Gasteiger partial charge in [-0.25, -0.2) is 4.79 Å². The number of anilines is 3. The van der Waals surface area contributed by atoms with Crippen LogP contribution in [0, 0.1) is 18.3 Å². The molecule has 136 valence electrons. The number of hydrogen-bond donors (Lipinski definition) is 4. The average Bonchev–Trinajstić information content (AvgIpc) is 3.01. The Balaban J connectivity index is 1.78. The number of benzene rings is 1. The lowest BCUT2D eigenvalue weighted by atomic mass is 9.90. The molecule has 1 aromatic carbocycles. The van der Waals surface area contributed by atoms with Gasteiger partial charge in [-0.2, -0.15) is 9.64 Å². The highest BCUT2D eigenvalue weighted by molar-refractivity contribution is 7.10. The van der Waals surface area contributed by atoms with E-state index in [9.17, 15) is 10.1 Å². The summed E-state index contributed by atoms with van der Waals surface area (Å²) in [5.41, 5.74) is 3.04. The molecule has 3 rings (SSSR count). The fourth-order valence-electron chi connectivity index (χ4n) is 3.24. The van der Waals surface area contributed by atoms with Crippen LogP contribution in [0.15, 0.2) is 24.3 Å². The summed E-state index contributed by atoms with van der Waals surface area (Å²) >= 11 is 1.35. The standard InChI is InChI=1S/C18H21N5O2S/c1-11-8-17(26-23-11)21-16-9-13(7-6-12(16)10-19)20-14-4-2-3-5-15(14)22-18(24)25/h6-9,14-15,20-22H,2-5H2,1H3,(H,24,25)/t14-,15+/m1/s1. The van der Waals surface area contributed by atoms with Crippen molar-refractivity contribution in [2.75, 3.05) is 10.6 Å². The molecule has 1 aliphatic rings. The van der Waals surface area contributed by atoms with Crippen molar-refractivity contribution in [2.45, 2.75) is 44.7 Å². The van der Waals surface area contributed by atoms with Crippen LogP contribution in [0.25, 0.3) is 0 Å². The van der Waals surface area contributed by atoms with Gasteiger partial charge >= 0.3 is 6.09 Å². The van der Waals surface area contributed by atoms with Crippen molar-refractivity contribution >= 4 is 34.0 Å². The molecule has 1 aliphatic carbocycles. The van der Waals surface area contributed by atoms with Gasteiger partial charge in [-0.05, 0) is 55.6 Å². The van der Waals surface area contributed by atoms with Crippen molar-refractivity contribution in [1.82, 2.24) is 9.69 Å². The number of hydrogen-bond acceptors (Lipinski definition) is 6. The third kappa shape index (κ3) is 4.43. The first kappa shape index (κ1) is 18.0. The van der Waals surface area contributed by atoms with E-state index in [0.29, 0.717) is 11.3 Å². The number of nitriles is 1. The van der Waals surface area contributed by atoms with Crippen molar-refractivity contribution in [2.24, 2.45) is 0 Å². The predicted octanol–water partition coefficient (Wildman–Crippen LogP) is 4.06. The zero-order chi connectivity index (χ0) is 18.5. The van der Waals surface area contributed by atoms with E-state index in [2.05, 4.69) is 26.4 Å². The van der Waals surface area contributed by atoms with Crippen molar-refractivity contribution in [3.63, 3.8) is 0 Å². The van der Waals surface area contributed by atoms with E-state index in [-0.39, 0.29) is 12.1 Å². The lowest BCUT2D eigenvalue weighted by Gasteiger charge is -2.32. The molecule has 1 amide bonds. The maximum absolute atomic E-state index is 11.0. The Labute approximate surface area is 156 Å². The molecule has 7 nitrogen and oxygen atoms in total. The molecular weight excluding hydrogens is 350 g/mol. The Hall–Kier alpha value is -2.79. The summed E-state index contributed by atoms with van der Waals surface area (Å²) in [6, 6.07) is 9.55. The minimum atomic E-state index is -0.994. The summed E-state index contributed by atoms with van der Waals surface area (Å²) in [6.07, 6.45) is 2.82. The quantitative estimate of drug-likeness (QED) is 0.631. The molecule has 1 saturated carbocycles. The third-order valence-corrected chi connectivity index (χ3v) is 5.25. The summed E-state index contributed by atoms with van der Waals surface area (Å²) in [5.74, 6) is 0. The number of rotatable bonds is 5. The second-order valence-electron chi connectivity index (χ2n) is 6.42. The van der Waals surface area contributed by atoms with Crippen LogP contribution in [0.2, 0.25) is 0 Å². The van der Waals surface area contributed by atoms with Gasteiger partial charge in [-0.3, -0.25) is 0 Å². The molecule has 26 heavy (non-hydrogen) atoms. The normalized spacial score (nSPS) is 19.4. The minimum Gasteiger partial charge on any atom is -0.465 e. The number of nitrogens with zero attached hydrogens (tertiary/aromatic N) is 2. The highest BCUT2D eigenvalue weighted by Crippen LogP contribution is 2.29. The lowest BCUT2D eigenvalue weighted by Crippen LogP contribution is -2.48. The van der Waals surface area contributed by atoms with Gasteiger partial charge in [0.15, 0.2) is 0 Å². The highest BCUT2D eigenvalue weighted by atomic mass is 32.1. The molecule has 1 fully saturated rings. The molecule has 1 heterocycles. The van der Waals surface area contributed by atoms with Crippen molar-refractivity contribution in [3.8, 4) is 6.07 Å². The Bertz CT molecular complexity index is 829. The van der Waals surface area contributed by atoms with Crippen molar-refractivity contribution in [1.29, 1.82) is 5.26 Å². The summed E-state index contributed by atoms with van der Waals surface area (Å²) in [7, 11) is 0. The smallest absolute Gasteiger partial charge is 0.404 e. The summed E-state index contributed by atoms with van der Waals surface area (Å²) < 4.78 is 4.24. The van der Waals surface area contributed by atoms with Crippen LogP contribution in [0.5, 0.6) is 0 Å². The van der Waals surface area contributed by atoms with Gasteiger partial charge in [0, 0.05) is 11.7 Å². The molecule has 2 atom stereocenters. The van der Waals surface area contributed by atoms with E-state index in [1.165, 1.54) is 11.5 Å². The minimum absolute atomic E-state index is 0.0336. The molecule has 0 aliphatic heterocycles. The lowest BCUT2D eigenvalue weighted by molar-refractivity contribution is 0.184. The van der Waals surface area contributed by atoms with Crippen LogP contribution < -0.4 is 16.0 Å². The molecule has 1 aromatic heterocycles. The molecule has 0 spiro atoms. The van der Waals surface area contributed by atoms with Gasteiger partial charge in [0.1, 0.15) is 11.1 Å². The first-order valence-corrected chi connectivity index (χ1v) is 9.33. The largest absolute Gasteiger partial charge is 0.465 e. The predicted molar refractivity (Wildman–Crippen MR) is 102 cm³/mol. The number of carbonyl (C=O) groups is 1. The van der Waals surface area contributed by atoms with E-state index in [1.54, 1.807) is 6.07 Å². The topological polar surface area (TPSA) is 110 Å². The van der Waals surface area contributed by atoms with Gasteiger partial charge in [0.05, 0.1) is 23.0 Å². The summed E-state index contributed by atoms with van der Waals surface area (Å²) in [6.45, 7) is 1.92. The molecule has 2 aromatic rings. The molecule has 0 unspecified atom stereocenters. The first-order valence-electron chi connectivity index (χ1n) is 8.55. The first-order chi connectivity index (χ1) is 12.5. The van der Waals surface area contributed by atoms with E-state index in [4.69, 9.17) is 5.11 Å². The van der Waals surface area contributed by atoms with E-state index in [0.717, 1.165) is 42.1 Å². The van der Waals surface area contributed by atoms with E-state index < -0.39 is 6.09 Å². The number of aromatic nitrogens is 1. The van der Waals surface area contributed by atoms with E-state index >= 15 is 0 Å². The molecule has 0 saturated heterocycles. The number of nitrogens with one attached hydrogen (secondary N) is 3. The Kier molecular flexibility index (Phi) is 5.58. The van der Waals surface area contributed by atoms with Crippen LogP contribution >= 0.6 is 11.5 Å². The van der Waals surface area contributed by atoms with Gasteiger partial charge in [-0.15, -0.1) is 0 Å². The molecule has 0 bridgehead atoms. The monoisotopic (exact) mass is 371 g/mol.